The Morgan fingerprint density at radius 2 is 1.93 bits per heavy atom. The zero-order valence-electron chi connectivity index (χ0n) is 8.64. The molecule has 2 amide bonds. The highest BCUT2D eigenvalue weighted by molar-refractivity contribution is 6.03. The van der Waals surface area contributed by atoms with E-state index in [4.69, 9.17) is 5.73 Å². The van der Waals surface area contributed by atoms with Gasteiger partial charge in [-0.2, -0.15) is 0 Å². The molecule has 4 heteroatoms. The lowest BCUT2D eigenvalue weighted by atomic mass is 10.2. The molecule has 0 aromatic carbocycles. The van der Waals surface area contributed by atoms with E-state index in [1.807, 2.05) is 0 Å². The van der Waals surface area contributed by atoms with Crippen molar-refractivity contribution in [3.05, 3.63) is 12.2 Å². The first-order valence-electron chi connectivity index (χ1n) is 4.77. The molecule has 0 aliphatic carbocycles. The highest BCUT2D eigenvalue weighted by Crippen LogP contribution is 1.98. The molecule has 0 spiro atoms. The van der Waals surface area contributed by atoms with Gasteiger partial charge in [0, 0.05) is 12.0 Å². The van der Waals surface area contributed by atoms with Crippen molar-refractivity contribution < 1.29 is 9.59 Å². The van der Waals surface area contributed by atoms with E-state index in [2.05, 4.69) is 11.9 Å². The van der Waals surface area contributed by atoms with Gasteiger partial charge in [-0.3, -0.25) is 14.9 Å². The van der Waals surface area contributed by atoms with E-state index >= 15 is 0 Å². The molecule has 0 aromatic heterocycles. The Morgan fingerprint density at radius 1 is 1.29 bits per heavy atom. The van der Waals surface area contributed by atoms with Crippen LogP contribution in [-0.4, -0.2) is 18.4 Å². The second kappa shape index (κ2) is 7.26. The van der Waals surface area contributed by atoms with Crippen LogP contribution in [0.1, 0.15) is 32.6 Å². The minimum Gasteiger partial charge on any atom is -0.330 e. The number of hydrogen-bond acceptors (Lipinski definition) is 3. The average Bonchev–Trinajstić information content (AvgIpc) is 2.12. The molecule has 0 aromatic rings. The molecule has 4 nitrogen and oxygen atoms in total. The van der Waals surface area contributed by atoms with Crippen molar-refractivity contribution in [3.8, 4) is 0 Å². The molecule has 3 N–H and O–H groups in total. The summed E-state index contributed by atoms with van der Waals surface area (Å²) < 4.78 is 0. The average molecular weight is 198 g/mol. The second-order valence-corrected chi connectivity index (χ2v) is 3.26. The number of imide groups is 1. The molecule has 0 unspecified atom stereocenters. The first-order chi connectivity index (χ1) is 6.57. The van der Waals surface area contributed by atoms with E-state index in [-0.39, 0.29) is 5.91 Å². The van der Waals surface area contributed by atoms with E-state index < -0.39 is 5.91 Å². The number of nitrogens with one attached hydrogen (secondary N) is 1. The largest absolute Gasteiger partial charge is 0.330 e. The van der Waals surface area contributed by atoms with Crippen LogP contribution in [0.5, 0.6) is 0 Å². The zero-order chi connectivity index (χ0) is 11.0. The summed E-state index contributed by atoms with van der Waals surface area (Å²) in [6, 6.07) is 0. The molecule has 0 rings (SSSR count). The van der Waals surface area contributed by atoms with Crippen LogP contribution in [0.15, 0.2) is 12.2 Å². The van der Waals surface area contributed by atoms with Gasteiger partial charge in [0.15, 0.2) is 0 Å². The number of carbonyl (C=O) groups excluding carboxylic acids is 2. The van der Waals surface area contributed by atoms with Gasteiger partial charge in [-0.15, -0.1) is 0 Å². The van der Waals surface area contributed by atoms with Crippen molar-refractivity contribution in [2.45, 2.75) is 32.6 Å². The van der Waals surface area contributed by atoms with Crippen molar-refractivity contribution in [2.75, 3.05) is 6.54 Å². The fraction of sp³-hybridized carbons (Fsp3) is 0.600. The van der Waals surface area contributed by atoms with Gasteiger partial charge < -0.3 is 5.73 Å². The quantitative estimate of drug-likeness (QED) is 0.488. The molecule has 0 aliphatic rings. The SMILES string of the molecule is C=C(C)C(=O)NC(=O)CCCCCN. The first kappa shape index (κ1) is 12.8. The number of nitrogens with two attached hydrogens (primary N) is 1. The summed E-state index contributed by atoms with van der Waals surface area (Å²) in [5, 5.41) is 2.25. The Bertz CT molecular complexity index is 224. The Kier molecular flexibility index (Phi) is 6.66. The summed E-state index contributed by atoms with van der Waals surface area (Å²) in [6.45, 7) is 5.65. The molecule has 0 fully saturated rings. The summed E-state index contributed by atoms with van der Waals surface area (Å²) >= 11 is 0. The lowest BCUT2D eigenvalue weighted by Gasteiger charge is -2.02. The fourth-order valence-corrected chi connectivity index (χ4v) is 0.902. The predicted molar refractivity (Wildman–Crippen MR) is 55.5 cm³/mol. The van der Waals surface area contributed by atoms with Crippen molar-refractivity contribution in [3.63, 3.8) is 0 Å². The fourth-order valence-electron chi connectivity index (χ4n) is 0.902. The molecule has 80 valence electrons. The zero-order valence-corrected chi connectivity index (χ0v) is 8.64. The molecule has 0 aliphatic heterocycles. The van der Waals surface area contributed by atoms with Crippen LogP contribution in [0.3, 0.4) is 0 Å². The third-order valence-corrected chi connectivity index (χ3v) is 1.75. The van der Waals surface area contributed by atoms with E-state index in [1.165, 1.54) is 0 Å². The monoisotopic (exact) mass is 198 g/mol. The van der Waals surface area contributed by atoms with Crippen LogP contribution in [0.4, 0.5) is 0 Å². The maximum Gasteiger partial charge on any atom is 0.252 e. The number of unbranched alkanes of at least 4 members (excludes halogenated alkanes) is 2. The lowest BCUT2D eigenvalue weighted by molar-refractivity contribution is -0.128. The van der Waals surface area contributed by atoms with Crippen molar-refractivity contribution in [1.29, 1.82) is 0 Å². The van der Waals surface area contributed by atoms with Gasteiger partial charge in [0.2, 0.25) is 5.91 Å². The van der Waals surface area contributed by atoms with Crippen molar-refractivity contribution >= 4 is 11.8 Å². The first-order valence-corrected chi connectivity index (χ1v) is 4.77. The molecular weight excluding hydrogens is 180 g/mol. The molecule has 0 atom stereocenters. The topological polar surface area (TPSA) is 72.2 Å². The van der Waals surface area contributed by atoms with Crippen LogP contribution < -0.4 is 11.1 Å². The van der Waals surface area contributed by atoms with Crippen molar-refractivity contribution in [2.24, 2.45) is 5.73 Å². The number of hydrogen-bond donors (Lipinski definition) is 2. The molecule has 0 bridgehead atoms. The number of carbonyl (C=O) groups is 2. The van der Waals surface area contributed by atoms with E-state index in [9.17, 15) is 9.59 Å². The Labute approximate surface area is 84.5 Å². The smallest absolute Gasteiger partial charge is 0.252 e. The maximum absolute atomic E-state index is 11.1. The van der Waals surface area contributed by atoms with E-state index in [0.717, 1.165) is 19.3 Å². The van der Waals surface area contributed by atoms with Gasteiger partial charge in [-0.05, 0) is 26.3 Å². The highest BCUT2D eigenvalue weighted by atomic mass is 16.2. The molecular formula is C10H18N2O2. The van der Waals surface area contributed by atoms with Gasteiger partial charge in [0.05, 0.1) is 0 Å². The Morgan fingerprint density at radius 3 is 2.43 bits per heavy atom. The van der Waals surface area contributed by atoms with Gasteiger partial charge >= 0.3 is 0 Å². The summed E-state index contributed by atoms with van der Waals surface area (Å²) in [7, 11) is 0. The summed E-state index contributed by atoms with van der Waals surface area (Å²) in [6.07, 6.45) is 2.98. The van der Waals surface area contributed by atoms with Gasteiger partial charge in [0.1, 0.15) is 0 Å². The predicted octanol–water partition coefficient (Wildman–Crippen LogP) is 0.724. The number of amides is 2. The molecule has 0 saturated carbocycles. The summed E-state index contributed by atoms with van der Waals surface area (Å²) in [5.74, 6) is -0.635. The minimum absolute atomic E-state index is 0.241. The normalized spacial score (nSPS) is 9.57. The van der Waals surface area contributed by atoms with Gasteiger partial charge in [0.25, 0.3) is 5.91 Å². The Balaban J connectivity index is 3.56. The van der Waals surface area contributed by atoms with E-state index in [1.54, 1.807) is 6.92 Å². The van der Waals surface area contributed by atoms with E-state index in [0.29, 0.717) is 18.5 Å². The second-order valence-electron chi connectivity index (χ2n) is 3.26. The molecule has 14 heavy (non-hydrogen) atoms. The summed E-state index contributed by atoms with van der Waals surface area (Å²) in [4.78, 5) is 22.1. The lowest BCUT2D eigenvalue weighted by Crippen LogP contribution is -2.30. The minimum atomic E-state index is -0.395. The summed E-state index contributed by atoms with van der Waals surface area (Å²) in [5.41, 5.74) is 5.65. The highest BCUT2D eigenvalue weighted by Gasteiger charge is 2.06. The van der Waals surface area contributed by atoms with Crippen molar-refractivity contribution in [1.82, 2.24) is 5.32 Å². The van der Waals surface area contributed by atoms with Gasteiger partial charge in [-0.25, -0.2) is 0 Å². The van der Waals surface area contributed by atoms with Crippen LogP contribution in [0.2, 0.25) is 0 Å². The third kappa shape index (κ3) is 6.37. The molecule has 0 radical (unpaired) electrons. The van der Waals surface area contributed by atoms with Crippen LogP contribution in [0, 0.1) is 0 Å². The Hall–Kier alpha value is -1.16. The third-order valence-electron chi connectivity index (χ3n) is 1.75. The van der Waals surface area contributed by atoms with Crippen LogP contribution >= 0.6 is 0 Å². The molecule has 0 heterocycles. The van der Waals surface area contributed by atoms with Crippen LogP contribution in [0.25, 0.3) is 0 Å². The maximum atomic E-state index is 11.1. The number of rotatable bonds is 6. The standard InChI is InChI=1S/C10H18N2O2/c1-8(2)10(14)12-9(13)6-4-3-5-7-11/h1,3-7,11H2,2H3,(H,12,13,14). The molecule has 0 saturated heterocycles. The van der Waals surface area contributed by atoms with Crippen LogP contribution in [-0.2, 0) is 9.59 Å². The van der Waals surface area contributed by atoms with Gasteiger partial charge in [-0.1, -0.05) is 13.0 Å².